The molecule has 0 spiro atoms. The summed E-state index contributed by atoms with van der Waals surface area (Å²) in [6.07, 6.45) is 0.241. The molecule has 0 atom stereocenters. The number of anilines is 1. The van der Waals surface area contributed by atoms with E-state index in [9.17, 15) is 14.4 Å². The van der Waals surface area contributed by atoms with Gasteiger partial charge in [0, 0.05) is 36.2 Å². The highest BCUT2D eigenvalue weighted by Gasteiger charge is 2.10. The monoisotopic (exact) mass is 324 g/mol. The van der Waals surface area contributed by atoms with Crippen molar-refractivity contribution < 1.29 is 14.4 Å². The third-order valence-corrected chi connectivity index (χ3v) is 3.42. The number of Topliss-reactive ketones (excluding diaryl/α,β-unsaturated/α-hetero) is 1. The van der Waals surface area contributed by atoms with Gasteiger partial charge < -0.3 is 10.6 Å². The fourth-order valence-corrected chi connectivity index (χ4v) is 2.22. The van der Waals surface area contributed by atoms with E-state index in [0.29, 0.717) is 23.4 Å². The van der Waals surface area contributed by atoms with Crippen LogP contribution < -0.4 is 10.6 Å². The maximum Gasteiger partial charge on any atom is 0.251 e. The third-order valence-electron chi connectivity index (χ3n) is 3.42. The molecule has 0 bridgehead atoms. The molecule has 0 aliphatic heterocycles. The van der Waals surface area contributed by atoms with E-state index in [4.69, 9.17) is 0 Å². The Morgan fingerprint density at radius 3 is 2.29 bits per heavy atom. The van der Waals surface area contributed by atoms with Crippen molar-refractivity contribution in [3.63, 3.8) is 0 Å². The second-order valence-electron chi connectivity index (χ2n) is 5.28. The van der Waals surface area contributed by atoms with Gasteiger partial charge in [-0.25, -0.2) is 0 Å². The average molecular weight is 324 g/mol. The molecule has 0 aliphatic carbocycles. The number of amides is 2. The van der Waals surface area contributed by atoms with Crippen molar-refractivity contribution in [1.82, 2.24) is 5.32 Å². The molecule has 124 valence electrons. The minimum atomic E-state index is -0.257. The van der Waals surface area contributed by atoms with Crippen LogP contribution in [0.4, 0.5) is 5.69 Å². The van der Waals surface area contributed by atoms with Crippen molar-refractivity contribution >= 4 is 23.3 Å². The van der Waals surface area contributed by atoms with Crippen LogP contribution in [0.5, 0.6) is 0 Å². The first kappa shape index (κ1) is 17.4. The molecule has 0 saturated heterocycles. The largest absolute Gasteiger partial charge is 0.352 e. The van der Waals surface area contributed by atoms with Gasteiger partial charge in [0.15, 0.2) is 5.78 Å². The zero-order valence-corrected chi connectivity index (χ0v) is 13.5. The van der Waals surface area contributed by atoms with E-state index in [1.54, 1.807) is 48.5 Å². The van der Waals surface area contributed by atoms with Gasteiger partial charge in [-0.2, -0.15) is 0 Å². The molecule has 2 N–H and O–H groups in total. The van der Waals surface area contributed by atoms with Crippen molar-refractivity contribution in [3.8, 4) is 0 Å². The Hall–Kier alpha value is -2.95. The molecule has 24 heavy (non-hydrogen) atoms. The highest BCUT2D eigenvalue weighted by molar-refractivity contribution is 6.00. The van der Waals surface area contributed by atoms with Gasteiger partial charge in [0.2, 0.25) is 5.91 Å². The first-order valence-corrected chi connectivity index (χ1v) is 7.86. The lowest BCUT2D eigenvalue weighted by molar-refractivity contribution is -0.116. The van der Waals surface area contributed by atoms with Crippen molar-refractivity contribution in [3.05, 3.63) is 65.7 Å². The molecule has 0 saturated carbocycles. The Labute approximate surface area is 141 Å². The summed E-state index contributed by atoms with van der Waals surface area (Å²) in [5, 5.41) is 5.42. The van der Waals surface area contributed by atoms with E-state index >= 15 is 0 Å². The van der Waals surface area contributed by atoms with Gasteiger partial charge in [0.05, 0.1) is 0 Å². The van der Waals surface area contributed by atoms with Crippen LogP contribution in [0.1, 0.15) is 40.5 Å². The molecular weight excluding hydrogens is 304 g/mol. The molecule has 0 heterocycles. The quantitative estimate of drug-likeness (QED) is 0.769. The van der Waals surface area contributed by atoms with Crippen LogP contribution in [0.2, 0.25) is 0 Å². The molecule has 2 amide bonds. The molecule has 0 aromatic heterocycles. The van der Waals surface area contributed by atoms with Crippen molar-refractivity contribution in [2.75, 3.05) is 11.9 Å². The topological polar surface area (TPSA) is 75.3 Å². The highest BCUT2D eigenvalue weighted by atomic mass is 16.2. The van der Waals surface area contributed by atoms with Crippen LogP contribution in [-0.2, 0) is 4.79 Å². The van der Waals surface area contributed by atoms with Gasteiger partial charge >= 0.3 is 0 Å². The maximum absolute atomic E-state index is 12.0. The van der Waals surface area contributed by atoms with E-state index in [-0.39, 0.29) is 30.4 Å². The average Bonchev–Trinajstić information content (AvgIpc) is 2.61. The summed E-state index contributed by atoms with van der Waals surface area (Å²) < 4.78 is 0. The summed E-state index contributed by atoms with van der Waals surface area (Å²) in [4.78, 5) is 35.8. The van der Waals surface area contributed by atoms with Crippen LogP contribution in [0.3, 0.4) is 0 Å². The number of nitrogens with one attached hydrogen (secondary N) is 2. The summed E-state index contributed by atoms with van der Waals surface area (Å²) in [6.45, 7) is 2.38. The van der Waals surface area contributed by atoms with Crippen LogP contribution in [0.25, 0.3) is 0 Å². The fourth-order valence-electron chi connectivity index (χ4n) is 2.22. The van der Waals surface area contributed by atoms with Gasteiger partial charge in [-0.15, -0.1) is 0 Å². The van der Waals surface area contributed by atoms with Crippen LogP contribution in [0.15, 0.2) is 54.6 Å². The van der Waals surface area contributed by atoms with Crippen molar-refractivity contribution in [1.29, 1.82) is 0 Å². The predicted molar refractivity (Wildman–Crippen MR) is 93.1 cm³/mol. The second-order valence-corrected chi connectivity index (χ2v) is 5.28. The molecule has 0 unspecified atom stereocenters. The lowest BCUT2D eigenvalue weighted by atomic mass is 10.1. The number of rotatable bonds is 7. The number of ketones is 1. The third kappa shape index (κ3) is 5.05. The zero-order chi connectivity index (χ0) is 17.4. The zero-order valence-electron chi connectivity index (χ0n) is 13.5. The smallest absolute Gasteiger partial charge is 0.251 e. The Morgan fingerprint density at radius 1 is 0.875 bits per heavy atom. The number of hydrogen-bond donors (Lipinski definition) is 2. The molecule has 5 nitrogen and oxygen atoms in total. The second kappa shape index (κ2) is 8.62. The molecule has 5 heteroatoms. The minimum absolute atomic E-state index is 0.0678. The fraction of sp³-hybridized carbons (Fsp3) is 0.211. The molecule has 0 fully saturated rings. The number of carbonyl (C=O) groups is 3. The van der Waals surface area contributed by atoms with Gasteiger partial charge in [0.25, 0.3) is 5.91 Å². The summed E-state index contributed by atoms with van der Waals surface area (Å²) in [6, 6.07) is 15.6. The number of carbonyl (C=O) groups excluding carboxylic acids is 3. The minimum Gasteiger partial charge on any atom is -0.352 e. The van der Waals surface area contributed by atoms with Gasteiger partial charge in [-0.3, -0.25) is 14.4 Å². The van der Waals surface area contributed by atoms with Crippen molar-refractivity contribution in [2.24, 2.45) is 0 Å². The molecule has 2 aromatic rings. The Balaban J connectivity index is 1.89. The lowest BCUT2D eigenvalue weighted by Crippen LogP contribution is -2.22. The van der Waals surface area contributed by atoms with E-state index in [2.05, 4.69) is 10.6 Å². The Morgan fingerprint density at radius 2 is 1.58 bits per heavy atom. The van der Waals surface area contributed by atoms with Gasteiger partial charge in [-0.05, 0) is 25.1 Å². The molecule has 2 aromatic carbocycles. The standard InChI is InChI=1S/C19H20N2O3/c1-2-20-19(24)15-9-6-10-16(13-15)21-18(23)12-11-17(22)14-7-4-3-5-8-14/h3-10,13H,2,11-12H2,1H3,(H,20,24)(H,21,23). The Kier molecular flexibility index (Phi) is 6.25. The summed E-state index contributed by atoms with van der Waals surface area (Å²) >= 11 is 0. The van der Waals surface area contributed by atoms with E-state index in [0.717, 1.165) is 0 Å². The van der Waals surface area contributed by atoms with E-state index < -0.39 is 0 Å². The maximum atomic E-state index is 12.0. The van der Waals surface area contributed by atoms with Gasteiger partial charge in [0.1, 0.15) is 0 Å². The number of benzene rings is 2. The van der Waals surface area contributed by atoms with Crippen LogP contribution in [0, 0.1) is 0 Å². The van der Waals surface area contributed by atoms with E-state index in [1.165, 1.54) is 0 Å². The first-order valence-electron chi connectivity index (χ1n) is 7.86. The van der Waals surface area contributed by atoms with Crippen LogP contribution in [-0.4, -0.2) is 24.1 Å². The summed E-state index contributed by atoms with van der Waals surface area (Å²) in [5.74, 6) is -0.512. The summed E-state index contributed by atoms with van der Waals surface area (Å²) in [7, 11) is 0. The normalized spacial score (nSPS) is 10.0. The predicted octanol–water partition coefficient (Wildman–Crippen LogP) is 3.04. The molecule has 2 rings (SSSR count). The molecule has 0 aliphatic rings. The Bertz CT molecular complexity index is 726. The van der Waals surface area contributed by atoms with Crippen LogP contribution >= 0.6 is 0 Å². The SMILES string of the molecule is CCNC(=O)c1cccc(NC(=O)CCC(=O)c2ccccc2)c1. The van der Waals surface area contributed by atoms with Crippen molar-refractivity contribution in [2.45, 2.75) is 19.8 Å². The van der Waals surface area contributed by atoms with E-state index in [1.807, 2.05) is 13.0 Å². The molecular formula is C19H20N2O3. The lowest BCUT2D eigenvalue weighted by Gasteiger charge is -2.07. The van der Waals surface area contributed by atoms with Gasteiger partial charge in [-0.1, -0.05) is 36.4 Å². The molecule has 0 radical (unpaired) electrons. The first-order chi connectivity index (χ1) is 11.6. The highest BCUT2D eigenvalue weighted by Crippen LogP contribution is 2.12. The summed E-state index contributed by atoms with van der Waals surface area (Å²) in [5.41, 5.74) is 1.62. The number of hydrogen-bond acceptors (Lipinski definition) is 3.